The summed E-state index contributed by atoms with van der Waals surface area (Å²) in [6.45, 7) is 0.281. The summed E-state index contributed by atoms with van der Waals surface area (Å²) < 4.78 is 26.0. The first-order valence-corrected chi connectivity index (χ1v) is 11.9. The lowest BCUT2D eigenvalue weighted by Gasteiger charge is -2.14. The van der Waals surface area contributed by atoms with Gasteiger partial charge in [-0.15, -0.1) is 0 Å². The highest BCUT2D eigenvalue weighted by atomic mass is 127. The molecule has 0 N–H and O–H groups in total. The summed E-state index contributed by atoms with van der Waals surface area (Å²) in [5.41, 5.74) is 2.01. The third kappa shape index (κ3) is 5.39. The van der Waals surface area contributed by atoms with Gasteiger partial charge in [0.25, 0.3) is 11.1 Å². The Morgan fingerprint density at radius 1 is 1.06 bits per heavy atom. The van der Waals surface area contributed by atoms with Crippen LogP contribution in [0.5, 0.6) is 11.5 Å². The van der Waals surface area contributed by atoms with E-state index < -0.39 is 0 Å². The molecule has 0 spiro atoms. The maximum atomic E-state index is 13.9. The number of halogens is 2. The minimum atomic E-state index is -0.339. The molecule has 1 aliphatic heterocycles. The molecular weight excluding hydrogens is 556 g/mol. The summed E-state index contributed by atoms with van der Waals surface area (Å²) in [7, 11) is 1.51. The van der Waals surface area contributed by atoms with Crippen molar-refractivity contribution < 1.29 is 23.5 Å². The van der Waals surface area contributed by atoms with Crippen LogP contribution in [0.4, 0.5) is 9.18 Å². The van der Waals surface area contributed by atoms with E-state index in [-0.39, 0.29) is 30.1 Å². The zero-order valence-corrected chi connectivity index (χ0v) is 20.6. The summed E-state index contributed by atoms with van der Waals surface area (Å²) in [5.74, 6) is 0.265. The monoisotopic (exact) mass is 575 g/mol. The Kier molecular flexibility index (Phi) is 7.34. The molecule has 0 atom stereocenters. The smallest absolute Gasteiger partial charge is 0.293 e. The van der Waals surface area contributed by atoms with Gasteiger partial charge in [0, 0.05) is 5.56 Å². The van der Waals surface area contributed by atoms with Gasteiger partial charge in [-0.3, -0.25) is 14.5 Å². The molecule has 1 saturated heterocycles. The van der Waals surface area contributed by atoms with Gasteiger partial charge in [-0.25, -0.2) is 4.39 Å². The van der Waals surface area contributed by atoms with Gasteiger partial charge < -0.3 is 9.47 Å². The lowest BCUT2D eigenvalue weighted by atomic mass is 10.1. The Balaban J connectivity index is 1.54. The van der Waals surface area contributed by atoms with E-state index in [1.54, 1.807) is 30.3 Å². The van der Waals surface area contributed by atoms with Crippen LogP contribution < -0.4 is 9.47 Å². The number of ether oxygens (including phenoxy) is 2. The van der Waals surface area contributed by atoms with E-state index in [4.69, 9.17) is 9.47 Å². The lowest BCUT2D eigenvalue weighted by Crippen LogP contribution is -2.27. The number of thioether (sulfide) groups is 1. The van der Waals surface area contributed by atoms with E-state index in [1.807, 2.05) is 36.4 Å². The van der Waals surface area contributed by atoms with Crippen LogP contribution in [0.1, 0.15) is 16.7 Å². The van der Waals surface area contributed by atoms with Crippen molar-refractivity contribution >= 4 is 51.6 Å². The third-order valence-corrected chi connectivity index (χ3v) is 6.65. The lowest BCUT2D eigenvalue weighted by molar-refractivity contribution is -0.123. The fourth-order valence-corrected chi connectivity index (χ4v) is 4.90. The van der Waals surface area contributed by atoms with E-state index >= 15 is 0 Å². The van der Waals surface area contributed by atoms with Crippen LogP contribution in [0.25, 0.3) is 6.08 Å². The molecule has 0 aromatic heterocycles. The molecule has 3 aromatic rings. The highest BCUT2D eigenvalue weighted by molar-refractivity contribution is 14.1. The van der Waals surface area contributed by atoms with Gasteiger partial charge in [-0.1, -0.05) is 48.5 Å². The number of hydrogen-bond donors (Lipinski definition) is 0. The molecule has 1 heterocycles. The molecule has 3 aromatic carbocycles. The van der Waals surface area contributed by atoms with E-state index in [2.05, 4.69) is 22.6 Å². The van der Waals surface area contributed by atoms with Crippen LogP contribution in [0.3, 0.4) is 0 Å². The molecule has 0 radical (unpaired) electrons. The molecule has 0 unspecified atom stereocenters. The second kappa shape index (κ2) is 10.4. The quantitative estimate of drug-likeness (QED) is 0.246. The highest BCUT2D eigenvalue weighted by Crippen LogP contribution is 2.38. The molecule has 4 rings (SSSR count). The molecule has 0 bridgehead atoms. The third-order valence-electron chi connectivity index (χ3n) is 4.94. The van der Waals surface area contributed by atoms with Crippen molar-refractivity contribution in [1.29, 1.82) is 0 Å². The molecule has 1 fully saturated rings. The van der Waals surface area contributed by atoms with Crippen LogP contribution in [-0.2, 0) is 17.9 Å². The molecule has 8 heteroatoms. The van der Waals surface area contributed by atoms with Crippen LogP contribution in [0.15, 0.2) is 71.6 Å². The number of amides is 2. The number of nitrogens with zero attached hydrogens (tertiary/aromatic N) is 1. The second-order valence-electron chi connectivity index (χ2n) is 7.17. The van der Waals surface area contributed by atoms with Crippen LogP contribution in [-0.4, -0.2) is 23.2 Å². The van der Waals surface area contributed by atoms with Crippen molar-refractivity contribution in [2.24, 2.45) is 0 Å². The molecule has 168 valence electrons. The summed E-state index contributed by atoms with van der Waals surface area (Å²) in [6, 6.07) is 19.3. The van der Waals surface area contributed by atoms with Crippen molar-refractivity contribution in [3.63, 3.8) is 0 Å². The molecule has 0 saturated carbocycles. The van der Waals surface area contributed by atoms with E-state index in [0.29, 0.717) is 27.5 Å². The first-order chi connectivity index (χ1) is 16.0. The van der Waals surface area contributed by atoms with Gasteiger partial charge in [-0.2, -0.15) is 0 Å². The summed E-state index contributed by atoms with van der Waals surface area (Å²) in [6.07, 6.45) is 1.67. The van der Waals surface area contributed by atoms with E-state index in [0.717, 1.165) is 20.9 Å². The molecule has 5 nitrogen and oxygen atoms in total. The van der Waals surface area contributed by atoms with Gasteiger partial charge >= 0.3 is 0 Å². The van der Waals surface area contributed by atoms with Crippen molar-refractivity contribution in [3.05, 3.63) is 97.7 Å². The Hall–Kier alpha value is -2.85. The van der Waals surface area contributed by atoms with Crippen LogP contribution in [0, 0.1) is 9.39 Å². The van der Waals surface area contributed by atoms with Crippen molar-refractivity contribution in [2.45, 2.75) is 13.2 Å². The standard InChI is InChI=1S/C25H19FINO4S/c1-31-21-12-17(11-20(27)23(21)32-15-18-9-5-6-10-19(18)26)13-22-24(29)28(25(30)33-22)14-16-7-3-2-4-8-16/h2-13H,14-15H2,1H3/b22-13+. The SMILES string of the molecule is COc1cc(/C=C2/SC(=O)N(Cc3ccccc3)C2=O)cc(I)c1OCc1ccccc1F. The van der Waals surface area contributed by atoms with Gasteiger partial charge in [-0.05, 0) is 69.8 Å². The summed E-state index contributed by atoms with van der Waals surface area (Å²) in [4.78, 5) is 26.9. The number of benzene rings is 3. The maximum Gasteiger partial charge on any atom is 0.293 e. The normalized spacial score (nSPS) is 14.8. The number of methoxy groups -OCH3 is 1. The predicted octanol–water partition coefficient (Wildman–Crippen LogP) is 6.25. The van der Waals surface area contributed by atoms with Crippen molar-refractivity contribution in [1.82, 2.24) is 4.90 Å². The highest BCUT2D eigenvalue weighted by Gasteiger charge is 2.35. The fraction of sp³-hybridized carbons (Fsp3) is 0.120. The van der Waals surface area contributed by atoms with Gasteiger partial charge in [0.2, 0.25) is 0 Å². The van der Waals surface area contributed by atoms with E-state index in [1.165, 1.54) is 18.1 Å². The first-order valence-electron chi connectivity index (χ1n) is 9.99. The minimum absolute atomic E-state index is 0.0523. The zero-order valence-electron chi connectivity index (χ0n) is 17.6. The molecule has 2 amide bonds. The Morgan fingerprint density at radius 3 is 2.52 bits per heavy atom. The van der Waals surface area contributed by atoms with E-state index in [9.17, 15) is 14.0 Å². The predicted molar refractivity (Wildman–Crippen MR) is 134 cm³/mol. The number of hydrogen-bond acceptors (Lipinski definition) is 5. The minimum Gasteiger partial charge on any atom is -0.493 e. The summed E-state index contributed by atoms with van der Waals surface area (Å²) >= 11 is 3.02. The van der Waals surface area contributed by atoms with Gasteiger partial charge in [0.1, 0.15) is 12.4 Å². The van der Waals surface area contributed by atoms with Crippen molar-refractivity contribution in [2.75, 3.05) is 7.11 Å². The zero-order chi connectivity index (χ0) is 23.4. The fourth-order valence-electron chi connectivity index (χ4n) is 3.28. The molecular formula is C25H19FINO4S. The summed E-state index contributed by atoms with van der Waals surface area (Å²) in [5, 5.41) is -0.304. The first kappa shape index (κ1) is 23.3. The Bertz CT molecular complexity index is 1230. The largest absolute Gasteiger partial charge is 0.493 e. The molecule has 1 aliphatic rings. The average Bonchev–Trinajstić information content (AvgIpc) is 3.07. The van der Waals surface area contributed by atoms with Gasteiger partial charge in [0.15, 0.2) is 11.5 Å². The molecule has 33 heavy (non-hydrogen) atoms. The number of imide groups is 1. The number of carbonyl (C=O) groups is 2. The number of carbonyl (C=O) groups excluding carboxylic acids is 2. The average molecular weight is 575 g/mol. The van der Waals surface area contributed by atoms with Gasteiger partial charge in [0.05, 0.1) is 22.1 Å². The maximum absolute atomic E-state index is 13.9. The van der Waals surface area contributed by atoms with Crippen molar-refractivity contribution in [3.8, 4) is 11.5 Å². The number of rotatable bonds is 7. The van der Waals surface area contributed by atoms with Crippen LogP contribution >= 0.6 is 34.4 Å². The topological polar surface area (TPSA) is 55.8 Å². The van der Waals surface area contributed by atoms with Crippen LogP contribution in [0.2, 0.25) is 0 Å². The second-order valence-corrected chi connectivity index (χ2v) is 9.32. The Labute approximate surface area is 208 Å². The molecule has 0 aliphatic carbocycles. The Morgan fingerprint density at radius 2 is 1.79 bits per heavy atom.